The van der Waals surface area contributed by atoms with Crippen molar-refractivity contribution in [3.63, 3.8) is 0 Å². The van der Waals surface area contributed by atoms with Gasteiger partial charge >= 0.3 is 0 Å². The molecule has 124 valence electrons. The maximum atomic E-state index is 12.7. The topological polar surface area (TPSA) is 48.4 Å². The van der Waals surface area contributed by atoms with E-state index in [1.807, 2.05) is 36.4 Å². The van der Waals surface area contributed by atoms with Crippen LogP contribution in [0.5, 0.6) is 11.5 Å². The van der Waals surface area contributed by atoms with Crippen molar-refractivity contribution in [2.75, 3.05) is 13.7 Å². The van der Waals surface area contributed by atoms with Crippen LogP contribution in [0.4, 0.5) is 0 Å². The van der Waals surface area contributed by atoms with Crippen molar-refractivity contribution in [3.05, 3.63) is 70.4 Å². The maximum absolute atomic E-state index is 12.7. The van der Waals surface area contributed by atoms with Crippen LogP contribution in [0, 0.1) is 0 Å². The van der Waals surface area contributed by atoms with Crippen LogP contribution in [-0.4, -0.2) is 24.5 Å². The van der Waals surface area contributed by atoms with Gasteiger partial charge in [-0.1, -0.05) is 23.7 Å². The molecule has 0 aliphatic carbocycles. The van der Waals surface area contributed by atoms with E-state index >= 15 is 0 Å². The average Bonchev–Trinajstić information content (AvgIpc) is 2.64. The summed E-state index contributed by atoms with van der Waals surface area (Å²) in [6.45, 7) is 0.211. The molecule has 25 heavy (non-hydrogen) atoms. The van der Waals surface area contributed by atoms with Crippen molar-refractivity contribution in [1.29, 1.82) is 0 Å². The zero-order valence-corrected chi connectivity index (χ0v) is 14.2. The van der Waals surface area contributed by atoms with Crippen LogP contribution in [0.25, 0.3) is 17.0 Å². The number of hydrogen-bond donors (Lipinski definition) is 0. The quantitative estimate of drug-likeness (QED) is 0.502. The number of hydrogen-bond acceptors (Lipinski definition) is 4. The van der Waals surface area contributed by atoms with Gasteiger partial charge in [0.1, 0.15) is 23.3 Å². The number of benzene rings is 2. The monoisotopic (exact) mass is 351 g/mol. The molecule has 2 heterocycles. The first-order valence-corrected chi connectivity index (χ1v) is 8.15. The van der Waals surface area contributed by atoms with Crippen LogP contribution in [0.1, 0.15) is 15.9 Å². The number of rotatable bonds is 2. The molecule has 0 unspecified atom stereocenters. The Hall–Kier alpha value is -2.85. The van der Waals surface area contributed by atoms with Gasteiger partial charge in [-0.05, 0) is 42.5 Å². The molecule has 4 rings (SSSR count). The molecule has 0 bridgehead atoms. The lowest BCUT2D eigenvalue weighted by Gasteiger charge is -2.18. The average molecular weight is 352 g/mol. The Bertz CT molecular complexity index is 1030. The molecule has 0 N–H and O–H groups in total. The number of carbonyl (C=O) groups excluding carboxylic acids is 1. The van der Waals surface area contributed by atoms with E-state index in [2.05, 4.69) is 4.98 Å². The number of ether oxygens (including phenoxy) is 2. The zero-order valence-electron chi connectivity index (χ0n) is 13.5. The Morgan fingerprint density at radius 1 is 1.20 bits per heavy atom. The second kappa shape index (κ2) is 6.22. The molecule has 3 aromatic rings. The van der Waals surface area contributed by atoms with Gasteiger partial charge in [-0.2, -0.15) is 0 Å². The summed E-state index contributed by atoms with van der Waals surface area (Å²) in [6.07, 6.45) is 1.74. The summed E-state index contributed by atoms with van der Waals surface area (Å²) < 4.78 is 10.9. The van der Waals surface area contributed by atoms with E-state index in [-0.39, 0.29) is 12.4 Å². The Balaban J connectivity index is 1.78. The predicted octanol–water partition coefficient (Wildman–Crippen LogP) is 4.56. The molecular weight excluding hydrogens is 338 g/mol. The van der Waals surface area contributed by atoms with Gasteiger partial charge in [-0.15, -0.1) is 0 Å². The predicted molar refractivity (Wildman–Crippen MR) is 97.5 cm³/mol. The van der Waals surface area contributed by atoms with E-state index in [9.17, 15) is 4.79 Å². The number of para-hydroxylation sites is 1. The van der Waals surface area contributed by atoms with E-state index in [0.29, 0.717) is 27.6 Å². The van der Waals surface area contributed by atoms with Crippen LogP contribution in [0.3, 0.4) is 0 Å². The number of carbonyl (C=O) groups is 1. The molecule has 2 aromatic carbocycles. The highest BCUT2D eigenvalue weighted by Gasteiger charge is 2.23. The molecule has 0 fully saturated rings. The molecule has 0 spiro atoms. The fourth-order valence-corrected chi connectivity index (χ4v) is 3.04. The van der Waals surface area contributed by atoms with Crippen molar-refractivity contribution in [1.82, 2.24) is 4.98 Å². The van der Waals surface area contributed by atoms with Crippen molar-refractivity contribution in [2.45, 2.75) is 0 Å². The van der Waals surface area contributed by atoms with Crippen LogP contribution in [0.15, 0.2) is 54.1 Å². The van der Waals surface area contributed by atoms with Crippen molar-refractivity contribution in [3.8, 4) is 11.5 Å². The number of ketones is 1. The lowest BCUT2D eigenvalue weighted by molar-refractivity contribution is 0.100. The highest BCUT2D eigenvalue weighted by molar-refractivity contribution is 6.31. The third-order valence-corrected chi connectivity index (χ3v) is 4.44. The van der Waals surface area contributed by atoms with E-state index in [4.69, 9.17) is 21.1 Å². The minimum absolute atomic E-state index is 0.0522. The highest BCUT2D eigenvalue weighted by Crippen LogP contribution is 2.30. The molecule has 5 heteroatoms. The van der Waals surface area contributed by atoms with E-state index in [0.717, 1.165) is 16.7 Å². The molecule has 1 aliphatic heterocycles. The number of nitrogens with zero attached hydrogens (tertiary/aromatic N) is 1. The molecule has 4 nitrogen and oxygen atoms in total. The van der Waals surface area contributed by atoms with E-state index in [1.165, 1.54) is 0 Å². The lowest BCUT2D eigenvalue weighted by atomic mass is 9.98. The first-order chi connectivity index (χ1) is 12.2. The molecule has 1 aromatic heterocycles. The van der Waals surface area contributed by atoms with Gasteiger partial charge in [0.05, 0.1) is 18.2 Å². The number of methoxy groups -OCH3 is 1. The lowest BCUT2D eigenvalue weighted by Crippen LogP contribution is -2.18. The standard InChI is InChI=1S/C20H14ClNO3/c1-24-15-6-7-17-12(10-15)8-13(20(21)22-17)9-14-11-25-18-5-3-2-4-16(18)19(14)23/h2-10H,11H2,1H3/b14-9+. The minimum atomic E-state index is -0.0522. The van der Waals surface area contributed by atoms with Crippen LogP contribution < -0.4 is 9.47 Å². The SMILES string of the molecule is COc1ccc2nc(Cl)c(/C=C3\COc4ccccc4C3=O)cc2c1. The van der Waals surface area contributed by atoms with Gasteiger partial charge < -0.3 is 9.47 Å². The third kappa shape index (κ3) is 2.85. The summed E-state index contributed by atoms with van der Waals surface area (Å²) in [6, 6.07) is 14.7. The molecular formula is C20H14ClNO3. The number of fused-ring (bicyclic) bond motifs is 2. The summed E-state index contributed by atoms with van der Waals surface area (Å²) >= 11 is 6.30. The van der Waals surface area contributed by atoms with Crippen LogP contribution >= 0.6 is 11.6 Å². The van der Waals surface area contributed by atoms with Crippen LogP contribution in [0.2, 0.25) is 5.15 Å². The smallest absolute Gasteiger partial charge is 0.196 e. The first kappa shape index (κ1) is 15.7. The summed E-state index contributed by atoms with van der Waals surface area (Å²) in [5.74, 6) is 1.29. The van der Waals surface area contributed by atoms with Crippen molar-refractivity contribution in [2.24, 2.45) is 0 Å². The van der Waals surface area contributed by atoms with Crippen molar-refractivity contribution >= 4 is 34.4 Å². The summed E-state index contributed by atoms with van der Waals surface area (Å²) in [7, 11) is 1.61. The van der Waals surface area contributed by atoms with Gasteiger partial charge in [0.25, 0.3) is 0 Å². The van der Waals surface area contributed by atoms with E-state index in [1.54, 1.807) is 25.3 Å². The van der Waals surface area contributed by atoms with E-state index < -0.39 is 0 Å². The van der Waals surface area contributed by atoms with Gasteiger partial charge in [0, 0.05) is 16.5 Å². The number of pyridine rings is 1. The Morgan fingerprint density at radius 3 is 2.88 bits per heavy atom. The molecule has 0 radical (unpaired) electrons. The fourth-order valence-electron chi connectivity index (χ4n) is 2.84. The summed E-state index contributed by atoms with van der Waals surface area (Å²) in [5, 5.41) is 1.23. The highest BCUT2D eigenvalue weighted by atomic mass is 35.5. The van der Waals surface area contributed by atoms with Gasteiger partial charge in [0.15, 0.2) is 5.78 Å². The molecule has 0 saturated heterocycles. The third-order valence-electron chi connectivity index (χ3n) is 4.14. The largest absolute Gasteiger partial charge is 0.497 e. The number of Topliss-reactive ketones (excluding diaryl/α,β-unsaturated/α-hetero) is 1. The summed E-state index contributed by atoms with van der Waals surface area (Å²) in [5.41, 5.74) is 2.55. The summed E-state index contributed by atoms with van der Waals surface area (Å²) in [4.78, 5) is 17.1. The molecule has 0 saturated carbocycles. The number of aromatic nitrogens is 1. The zero-order chi connectivity index (χ0) is 17.4. The maximum Gasteiger partial charge on any atom is 0.196 e. The second-order valence-electron chi connectivity index (χ2n) is 5.71. The Kier molecular flexibility index (Phi) is 3.90. The Labute approximate surface area is 149 Å². The normalized spacial score (nSPS) is 15.1. The molecule has 0 amide bonds. The minimum Gasteiger partial charge on any atom is -0.497 e. The number of halogens is 1. The van der Waals surface area contributed by atoms with Gasteiger partial charge in [-0.3, -0.25) is 4.79 Å². The Morgan fingerprint density at radius 2 is 2.04 bits per heavy atom. The van der Waals surface area contributed by atoms with Gasteiger partial charge in [0.2, 0.25) is 0 Å². The molecule has 0 atom stereocenters. The van der Waals surface area contributed by atoms with Gasteiger partial charge in [-0.25, -0.2) is 4.98 Å². The fraction of sp³-hybridized carbons (Fsp3) is 0.100. The first-order valence-electron chi connectivity index (χ1n) is 7.77. The molecule has 1 aliphatic rings. The van der Waals surface area contributed by atoms with Crippen LogP contribution in [-0.2, 0) is 0 Å². The second-order valence-corrected chi connectivity index (χ2v) is 6.07. The van der Waals surface area contributed by atoms with Crippen molar-refractivity contribution < 1.29 is 14.3 Å².